The number of nitrogens with one attached hydrogen (secondary N) is 1. The van der Waals surface area contributed by atoms with Gasteiger partial charge in [0.15, 0.2) is 5.78 Å². The fraction of sp³-hybridized carbons (Fsp3) is 0.348. The smallest absolute Gasteiger partial charge is 0.319 e. The minimum atomic E-state index is -1.16. The molecule has 0 saturated carbocycles. The quantitative estimate of drug-likeness (QED) is 0.606. The number of amides is 3. The highest BCUT2D eigenvalue weighted by Crippen LogP contribution is 2.29. The molecule has 0 radical (unpaired) electrons. The van der Waals surface area contributed by atoms with Gasteiger partial charge in [-0.1, -0.05) is 67.9 Å². The molecule has 0 aliphatic carbocycles. The van der Waals surface area contributed by atoms with Gasteiger partial charge >= 0.3 is 6.03 Å². The summed E-state index contributed by atoms with van der Waals surface area (Å²) in [5.41, 5.74) is 2.27. The van der Waals surface area contributed by atoms with Crippen LogP contribution in [-0.4, -0.2) is 29.2 Å². The van der Waals surface area contributed by atoms with Crippen LogP contribution in [0.5, 0.6) is 0 Å². The Bertz CT molecular complexity index is 902. The number of hydrogen-bond donors (Lipinski definition) is 1. The number of Topliss-reactive ketones (excluding diaryl/α,β-unsaturated/α-hetero) is 1. The zero-order chi connectivity index (χ0) is 20.5. The number of hydrogen-bond acceptors (Lipinski definition) is 3. The SMILES string of the molecule is CC[C@H](C)c1ccc(C(=O)CN2C(=O)N[C@](C)(c3ccc(C)cc3)C2=O)cc1. The maximum absolute atomic E-state index is 13.0. The molecule has 1 saturated heterocycles. The van der Waals surface area contributed by atoms with Crippen molar-refractivity contribution >= 4 is 17.7 Å². The van der Waals surface area contributed by atoms with Crippen LogP contribution in [0.2, 0.25) is 0 Å². The molecule has 2 atom stereocenters. The molecule has 1 N–H and O–H groups in total. The van der Waals surface area contributed by atoms with Gasteiger partial charge in [0.1, 0.15) is 5.54 Å². The lowest BCUT2D eigenvalue weighted by atomic mass is 9.91. The summed E-state index contributed by atoms with van der Waals surface area (Å²) in [6, 6.07) is 14.3. The average Bonchev–Trinajstić information content (AvgIpc) is 2.91. The van der Waals surface area contributed by atoms with Crippen molar-refractivity contribution in [2.75, 3.05) is 6.54 Å². The van der Waals surface area contributed by atoms with Gasteiger partial charge in [0.25, 0.3) is 5.91 Å². The van der Waals surface area contributed by atoms with Crippen LogP contribution in [0.1, 0.15) is 60.2 Å². The second kappa shape index (κ2) is 7.58. The minimum absolute atomic E-state index is 0.257. The summed E-state index contributed by atoms with van der Waals surface area (Å²) >= 11 is 0. The van der Waals surface area contributed by atoms with Crippen LogP contribution in [0.25, 0.3) is 0 Å². The van der Waals surface area contributed by atoms with E-state index in [1.807, 2.05) is 43.3 Å². The Morgan fingerprint density at radius 1 is 1.07 bits per heavy atom. The van der Waals surface area contributed by atoms with Gasteiger partial charge in [-0.2, -0.15) is 0 Å². The molecule has 5 nitrogen and oxygen atoms in total. The first-order chi connectivity index (χ1) is 13.3. The van der Waals surface area contributed by atoms with Gasteiger partial charge in [-0.3, -0.25) is 14.5 Å². The first-order valence-corrected chi connectivity index (χ1v) is 9.60. The molecule has 28 heavy (non-hydrogen) atoms. The highest BCUT2D eigenvalue weighted by Gasteiger charge is 2.49. The standard InChI is InChI=1S/C23H26N2O3/c1-5-16(3)17-8-10-18(11-9-17)20(26)14-25-21(27)23(4,24-22(25)28)19-12-6-15(2)7-13-19/h6-13,16H,5,14H2,1-4H3,(H,24,28)/t16-,23+/m0/s1. The van der Waals surface area contributed by atoms with Crippen molar-refractivity contribution in [1.29, 1.82) is 0 Å². The molecular formula is C23H26N2O3. The van der Waals surface area contributed by atoms with Crippen LogP contribution in [-0.2, 0) is 10.3 Å². The summed E-state index contributed by atoms with van der Waals surface area (Å²) in [7, 11) is 0. The maximum Gasteiger partial charge on any atom is 0.325 e. The molecule has 0 aromatic heterocycles. The van der Waals surface area contributed by atoms with E-state index in [1.54, 1.807) is 19.1 Å². The molecule has 1 aliphatic heterocycles. The van der Waals surface area contributed by atoms with Crippen molar-refractivity contribution < 1.29 is 14.4 Å². The van der Waals surface area contributed by atoms with Gasteiger partial charge in [-0.25, -0.2) is 4.79 Å². The first-order valence-electron chi connectivity index (χ1n) is 9.60. The topological polar surface area (TPSA) is 66.5 Å². The van der Waals surface area contributed by atoms with Crippen LogP contribution in [0.4, 0.5) is 4.79 Å². The summed E-state index contributed by atoms with van der Waals surface area (Å²) in [5.74, 6) is -0.247. The van der Waals surface area contributed by atoms with Crippen molar-refractivity contribution in [3.8, 4) is 0 Å². The Kier molecular flexibility index (Phi) is 5.36. The minimum Gasteiger partial charge on any atom is -0.319 e. The van der Waals surface area contributed by atoms with Crippen LogP contribution in [0.3, 0.4) is 0 Å². The number of benzene rings is 2. The molecule has 1 aliphatic rings. The van der Waals surface area contributed by atoms with Gasteiger partial charge in [0, 0.05) is 5.56 Å². The third kappa shape index (κ3) is 3.57. The normalized spacial score (nSPS) is 20.2. The zero-order valence-electron chi connectivity index (χ0n) is 16.8. The Morgan fingerprint density at radius 3 is 2.25 bits per heavy atom. The number of carbonyl (C=O) groups excluding carboxylic acids is 3. The molecule has 1 fully saturated rings. The molecule has 0 spiro atoms. The molecule has 3 rings (SSSR count). The van der Waals surface area contributed by atoms with E-state index >= 15 is 0 Å². The molecule has 5 heteroatoms. The van der Waals surface area contributed by atoms with E-state index in [0.717, 1.165) is 16.9 Å². The summed E-state index contributed by atoms with van der Waals surface area (Å²) in [5, 5.41) is 2.74. The van der Waals surface area contributed by atoms with E-state index in [2.05, 4.69) is 19.2 Å². The maximum atomic E-state index is 13.0. The third-order valence-electron chi connectivity index (χ3n) is 5.62. The van der Waals surface area contributed by atoms with Gasteiger partial charge in [-0.15, -0.1) is 0 Å². The zero-order valence-corrected chi connectivity index (χ0v) is 16.8. The Labute approximate surface area is 165 Å². The number of ketones is 1. The van der Waals surface area contributed by atoms with Crippen LogP contribution < -0.4 is 5.32 Å². The molecule has 2 aromatic carbocycles. The van der Waals surface area contributed by atoms with Crippen molar-refractivity contribution in [2.24, 2.45) is 0 Å². The number of urea groups is 1. The van der Waals surface area contributed by atoms with Crippen LogP contribution in [0, 0.1) is 6.92 Å². The lowest BCUT2D eigenvalue weighted by molar-refractivity contribution is -0.130. The highest BCUT2D eigenvalue weighted by molar-refractivity contribution is 6.11. The van der Waals surface area contributed by atoms with E-state index in [0.29, 0.717) is 17.0 Å². The largest absolute Gasteiger partial charge is 0.325 e. The summed E-state index contributed by atoms with van der Waals surface area (Å²) < 4.78 is 0. The molecule has 146 valence electrons. The van der Waals surface area contributed by atoms with E-state index in [4.69, 9.17) is 0 Å². The number of rotatable bonds is 6. The lowest BCUT2D eigenvalue weighted by Gasteiger charge is -2.22. The van der Waals surface area contributed by atoms with Crippen molar-refractivity contribution in [2.45, 2.75) is 45.6 Å². The molecule has 0 bridgehead atoms. The number of carbonyl (C=O) groups is 3. The molecule has 1 heterocycles. The monoisotopic (exact) mass is 378 g/mol. The number of nitrogens with zero attached hydrogens (tertiary/aromatic N) is 1. The Hall–Kier alpha value is -2.95. The third-order valence-corrected chi connectivity index (χ3v) is 5.62. The lowest BCUT2D eigenvalue weighted by Crippen LogP contribution is -2.41. The van der Waals surface area contributed by atoms with Crippen molar-refractivity contribution in [3.63, 3.8) is 0 Å². The van der Waals surface area contributed by atoms with Crippen molar-refractivity contribution in [3.05, 3.63) is 70.8 Å². The van der Waals surface area contributed by atoms with Gasteiger partial charge < -0.3 is 5.32 Å². The second-order valence-corrected chi connectivity index (χ2v) is 7.67. The number of aryl methyl sites for hydroxylation is 1. The van der Waals surface area contributed by atoms with Crippen molar-refractivity contribution in [1.82, 2.24) is 10.2 Å². The predicted molar refractivity (Wildman–Crippen MR) is 108 cm³/mol. The van der Waals surface area contributed by atoms with Crippen LogP contribution >= 0.6 is 0 Å². The van der Waals surface area contributed by atoms with E-state index in [1.165, 1.54) is 5.56 Å². The van der Waals surface area contributed by atoms with Gasteiger partial charge in [-0.05, 0) is 37.3 Å². The second-order valence-electron chi connectivity index (χ2n) is 7.67. The number of imide groups is 1. The Morgan fingerprint density at radius 2 is 1.68 bits per heavy atom. The van der Waals surface area contributed by atoms with Crippen LogP contribution in [0.15, 0.2) is 48.5 Å². The van der Waals surface area contributed by atoms with E-state index in [9.17, 15) is 14.4 Å². The molecular weight excluding hydrogens is 352 g/mol. The molecule has 3 amide bonds. The Balaban J connectivity index is 1.77. The van der Waals surface area contributed by atoms with E-state index < -0.39 is 17.5 Å². The highest BCUT2D eigenvalue weighted by atomic mass is 16.2. The average molecular weight is 378 g/mol. The predicted octanol–water partition coefficient (Wildman–Crippen LogP) is 4.16. The fourth-order valence-electron chi connectivity index (χ4n) is 3.39. The summed E-state index contributed by atoms with van der Waals surface area (Å²) in [6.45, 7) is 7.61. The first kappa shape index (κ1) is 19.8. The van der Waals surface area contributed by atoms with E-state index in [-0.39, 0.29) is 12.3 Å². The molecule has 2 aromatic rings. The summed E-state index contributed by atoms with van der Waals surface area (Å²) in [6.07, 6.45) is 1.02. The fourth-order valence-corrected chi connectivity index (χ4v) is 3.39. The summed E-state index contributed by atoms with van der Waals surface area (Å²) in [4.78, 5) is 39.1. The van der Waals surface area contributed by atoms with Gasteiger partial charge in [0.05, 0.1) is 6.54 Å². The molecule has 0 unspecified atom stereocenters. The van der Waals surface area contributed by atoms with Gasteiger partial charge in [0.2, 0.25) is 0 Å².